The Morgan fingerprint density at radius 3 is 1.97 bits per heavy atom. The summed E-state index contributed by atoms with van der Waals surface area (Å²) in [6, 6.07) is 21.6. The Balaban J connectivity index is 0.00000240. The monoisotopic (exact) mass is 417 g/mol. The van der Waals surface area contributed by atoms with Gasteiger partial charge in [0.05, 0.1) is 6.04 Å². The Morgan fingerprint density at radius 2 is 1.38 bits per heavy atom. The highest BCUT2D eigenvalue weighted by Gasteiger charge is 2.31. The number of benzene rings is 3. The van der Waals surface area contributed by atoms with E-state index in [2.05, 4.69) is 10.6 Å². The lowest BCUT2D eigenvalue weighted by molar-refractivity contribution is 0.445. The van der Waals surface area contributed by atoms with Gasteiger partial charge >= 0.3 is 0 Å². The quantitative estimate of drug-likeness (QED) is 0.582. The molecule has 0 aliphatic carbocycles. The van der Waals surface area contributed by atoms with Gasteiger partial charge in [0.25, 0.3) is 0 Å². The number of hydrogen-bond donors (Lipinski definition) is 2. The minimum Gasteiger partial charge on any atom is -0.352 e. The first-order chi connectivity index (χ1) is 13.6. The third-order valence-corrected chi connectivity index (χ3v) is 4.68. The largest absolute Gasteiger partial charge is 0.352 e. The maximum atomic E-state index is 13.4. The van der Waals surface area contributed by atoms with Crippen LogP contribution in [0.4, 0.5) is 13.2 Å². The van der Waals surface area contributed by atoms with Gasteiger partial charge in [-0.2, -0.15) is 0 Å². The molecular formula is C22H19ClF3N3. The van der Waals surface area contributed by atoms with Gasteiger partial charge in [-0.05, 0) is 28.8 Å². The van der Waals surface area contributed by atoms with Gasteiger partial charge in [-0.25, -0.2) is 18.2 Å². The van der Waals surface area contributed by atoms with Crippen LogP contribution in [0.5, 0.6) is 0 Å². The van der Waals surface area contributed by atoms with Gasteiger partial charge in [-0.3, -0.25) is 0 Å². The molecule has 0 saturated heterocycles. The van der Waals surface area contributed by atoms with Crippen molar-refractivity contribution in [3.63, 3.8) is 0 Å². The summed E-state index contributed by atoms with van der Waals surface area (Å²) < 4.78 is 40.0. The highest BCUT2D eigenvalue weighted by Crippen LogP contribution is 2.35. The summed E-state index contributed by atoms with van der Waals surface area (Å²) in [5, 5.41) is 6.40. The summed E-state index contributed by atoms with van der Waals surface area (Å²) in [6.45, 7) is 0.114. The van der Waals surface area contributed by atoms with Crippen LogP contribution in [0.25, 0.3) is 0 Å². The number of nitrogens with zero attached hydrogens (tertiary/aromatic N) is 1. The summed E-state index contributed by atoms with van der Waals surface area (Å²) in [4.78, 5) is 4.73. The third kappa shape index (κ3) is 4.54. The van der Waals surface area contributed by atoms with Gasteiger partial charge in [0.2, 0.25) is 0 Å². The van der Waals surface area contributed by atoms with Crippen molar-refractivity contribution in [3.05, 3.63) is 107 Å². The summed E-state index contributed by atoms with van der Waals surface area (Å²) in [5.74, 6) is -3.36. The fourth-order valence-corrected chi connectivity index (χ4v) is 3.31. The van der Waals surface area contributed by atoms with Crippen LogP contribution in [-0.2, 0) is 6.54 Å². The van der Waals surface area contributed by atoms with E-state index in [1.54, 1.807) is 0 Å². The van der Waals surface area contributed by atoms with Crippen LogP contribution in [0, 0.1) is 17.5 Å². The number of hydrogen-bond acceptors (Lipinski definition) is 3. The maximum Gasteiger partial charge on any atom is 0.194 e. The molecular weight excluding hydrogens is 399 g/mol. The lowest BCUT2D eigenvalue weighted by Gasteiger charge is -2.19. The summed E-state index contributed by atoms with van der Waals surface area (Å²) in [5.41, 5.74) is 2.43. The van der Waals surface area contributed by atoms with Gasteiger partial charge in [0.15, 0.2) is 23.4 Å². The second kappa shape index (κ2) is 9.01. The lowest BCUT2D eigenvalue weighted by Crippen LogP contribution is -2.35. The van der Waals surface area contributed by atoms with E-state index in [1.165, 1.54) is 0 Å². The van der Waals surface area contributed by atoms with Crippen LogP contribution < -0.4 is 10.6 Å². The molecule has 3 nitrogen and oxygen atoms in total. The average Bonchev–Trinajstić information content (AvgIpc) is 3.16. The van der Waals surface area contributed by atoms with Crippen LogP contribution in [-0.4, -0.2) is 5.96 Å². The first kappa shape index (κ1) is 20.7. The van der Waals surface area contributed by atoms with Crippen molar-refractivity contribution in [2.75, 3.05) is 0 Å². The molecule has 2 unspecified atom stereocenters. The predicted molar refractivity (Wildman–Crippen MR) is 109 cm³/mol. The van der Waals surface area contributed by atoms with Gasteiger partial charge in [0, 0.05) is 6.54 Å². The average molecular weight is 418 g/mol. The molecule has 4 rings (SSSR count). The highest BCUT2D eigenvalue weighted by molar-refractivity contribution is 5.85. The summed E-state index contributed by atoms with van der Waals surface area (Å²) in [6.07, 6.45) is 0. The van der Waals surface area contributed by atoms with Gasteiger partial charge in [-0.1, -0.05) is 60.7 Å². The normalized spacial score (nSPS) is 17.8. The molecule has 0 amide bonds. The molecule has 0 aromatic heterocycles. The number of guanidine groups is 1. The van der Waals surface area contributed by atoms with E-state index in [-0.39, 0.29) is 31.0 Å². The Bertz CT molecular complexity index is 974. The molecule has 0 saturated carbocycles. The number of rotatable bonds is 4. The van der Waals surface area contributed by atoms with E-state index in [0.717, 1.165) is 23.3 Å². The van der Waals surface area contributed by atoms with Crippen molar-refractivity contribution in [3.8, 4) is 0 Å². The summed E-state index contributed by atoms with van der Waals surface area (Å²) in [7, 11) is 0. The van der Waals surface area contributed by atoms with Crippen molar-refractivity contribution in [1.29, 1.82) is 0 Å². The number of nitrogens with one attached hydrogen (secondary N) is 2. The molecule has 1 heterocycles. The zero-order valence-electron chi connectivity index (χ0n) is 15.3. The fourth-order valence-electron chi connectivity index (χ4n) is 3.31. The van der Waals surface area contributed by atoms with E-state index in [1.807, 2.05) is 60.7 Å². The smallest absolute Gasteiger partial charge is 0.194 e. The topological polar surface area (TPSA) is 36.4 Å². The van der Waals surface area contributed by atoms with Crippen molar-refractivity contribution in [2.24, 2.45) is 4.99 Å². The summed E-state index contributed by atoms with van der Waals surface area (Å²) >= 11 is 0. The second-order valence-corrected chi connectivity index (χ2v) is 6.59. The molecule has 7 heteroatoms. The van der Waals surface area contributed by atoms with E-state index in [4.69, 9.17) is 4.99 Å². The molecule has 1 aliphatic rings. The molecule has 150 valence electrons. The minimum atomic E-state index is -1.46. The molecule has 0 bridgehead atoms. The SMILES string of the molecule is Cl.Fc1cc(CNC2=NC(c3ccccc3)C(c3ccccc3)N2)cc(F)c1F. The molecule has 0 spiro atoms. The standard InChI is InChI=1S/C22H18F3N3.ClH/c23-17-11-14(12-18(24)19(17)25)13-26-22-27-20(15-7-3-1-4-8-15)21(28-22)16-9-5-2-6-10-16;/h1-12,20-21H,13H2,(H2,26,27,28);1H. The van der Waals surface area contributed by atoms with E-state index < -0.39 is 17.5 Å². The van der Waals surface area contributed by atoms with Crippen molar-refractivity contribution in [1.82, 2.24) is 10.6 Å². The Kier molecular flexibility index (Phi) is 6.44. The van der Waals surface area contributed by atoms with Crippen molar-refractivity contribution in [2.45, 2.75) is 18.6 Å². The zero-order chi connectivity index (χ0) is 19.5. The Labute approximate surface area is 173 Å². The molecule has 2 N–H and O–H groups in total. The lowest BCUT2D eigenvalue weighted by atomic mass is 9.95. The molecule has 2 atom stereocenters. The second-order valence-electron chi connectivity index (χ2n) is 6.59. The Hall–Kier alpha value is -2.99. The van der Waals surface area contributed by atoms with E-state index in [0.29, 0.717) is 11.5 Å². The van der Waals surface area contributed by atoms with Gasteiger partial charge in [-0.15, -0.1) is 12.4 Å². The molecule has 1 aliphatic heterocycles. The minimum absolute atomic E-state index is 0. The van der Waals surface area contributed by atoms with Crippen molar-refractivity contribution < 1.29 is 13.2 Å². The third-order valence-electron chi connectivity index (χ3n) is 4.68. The van der Waals surface area contributed by atoms with Crippen LogP contribution >= 0.6 is 12.4 Å². The predicted octanol–water partition coefficient (Wildman–Crippen LogP) is 5.06. The molecule has 0 radical (unpaired) electrons. The first-order valence-corrected chi connectivity index (χ1v) is 8.93. The van der Waals surface area contributed by atoms with E-state index >= 15 is 0 Å². The molecule has 0 fully saturated rings. The fraction of sp³-hybridized carbons (Fsp3) is 0.136. The maximum absolute atomic E-state index is 13.4. The molecule has 29 heavy (non-hydrogen) atoms. The highest BCUT2D eigenvalue weighted by atomic mass is 35.5. The van der Waals surface area contributed by atoms with Crippen molar-refractivity contribution >= 4 is 18.4 Å². The van der Waals surface area contributed by atoms with Crippen LogP contribution in [0.2, 0.25) is 0 Å². The van der Waals surface area contributed by atoms with Crippen LogP contribution in [0.1, 0.15) is 28.8 Å². The molecule has 3 aromatic carbocycles. The van der Waals surface area contributed by atoms with Crippen LogP contribution in [0.3, 0.4) is 0 Å². The number of aliphatic imine (C=N–C) groups is 1. The van der Waals surface area contributed by atoms with Gasteiger partial charge in [0.1, 0.15) is 6.04 Å². The first-order valence-electron chi connectivity index (χ1n) is 8.93. The zero-order valence-corrected chi connectivity index (χ0v) is 16.1. The van der Waals surface area contributed by atoms with E-state index in [9.17, 15) is 13.2 Å². The number of halogens is 4. The van der Waals surface area contributed by atoms with Crippen LogP contribution in [0.15, 0.2) is 77.8 Å². The van der Waals surface area contributed by atoms with Gasteiger partial charge < -0.3 is 10.6 Å². The molecule has 3 aromatic rings. The Morgan fingerprint density at radius 1 is 0.828 bits per heavy atom.